The summed E-state index contributed by atoms with van der Waals surface area (Å²) in [7, 11) is -3.88. The molecule has 0 radical (unpaired) electrons. The fraction of sp³-hybridized carbons (Fsp3) is 0.100. The van der Waals surface area contributed by atoms with Gasteiger partial charge in [0, 0.05) is 18.2 Å². The van der Waals surface area contributed by atoms with Gasteiger partial charge >= 0.3 is 5.97 Å². The maximum Gasteiger partial charge on any atom is 0.371 e. The van der Waals surface area contributed by atoms with Gasteiger partial charge in [0.15, 0.2) is 0 Å². The van der Waals surface area contributed by atoms with E-state index in [0.29, 0.717) is 28.3 Å². The minimum atomic E-state index is -3.88. The molecule has 0 aliphatic carbocycles. The summed E-state index contributed by atoms with van der Waals surface area (Å²) >= 11 is 0. The number of carbonyl (C=O) groups excluding carboxylic acids is 1. The van der Waals surface area contributed by atoms with Crippen LogP contribution in [0.3, 0.4) is 0 Å². The molecule has 3 N–H and O–H groups in total. The molecule has 0 bridgehead atoms. The number of amides is 1. The van der Waals surface area contributed by atoms with E-state index >= 15 is 0 Å². The lowest BCUT2D eigenvalue weighted by molar-refractivity contribution is -0.114. The number of nitrogens with one attached hydrogen (secondary N) is 2. The van der Waals surface area contributed by atoms with Gasteiger partial charge in [0.1, 0.15) is 5.76 Å². The monoisotopic (exact) mass is 414 g/mol. The predicted molar refractivity (Wildman–Crippen MR) is 107 cm³/mol. The van der Waals surface area contributed by atoms with Crippen LogP contribution in [0.15, 0.2) is 63.9 Å². The normalized spacial score (nSPS) is 11.1. The molecule has 0 atom stereocenters. The van der Waals surface area contributed by atoms with Crippen LogP contribution in [0.5, 0.6) is 0 Å². The number of rotatable bonds is 6. The van der Waals surface area contributed by atoms with E-state index in [1.54, 1.807) is 25.1 Å². The number of carboxylic acid groups (broad SMARTS) is 1. The Bertz CT molecular complexity index is 1180. The molecule has 1 heterocycles. The number of sulfonamides is 1. The van der Waals surface area contributed by atoms with Crippen LogP contribution in [0.25, 0.3) is 11.3 Å². The summed E-state index contributed by atoms with van der Waals surface area (Å²) in [5, 5.41) is 11.6. The fourth-order valence-electron chi connectivity index (χ4n) is 2.74. The highest BCUT2D eigenvalue weighted by Gasteiger charge is 2.18. The van der Waals surface area contributed by atoms with E-state index in [4.69, 9.17) is 9.52 Å². The summed E-state index contributed by atoms with van der Waals surface area (Å²) in [5.41, 5.74) is 1.97. The molecule has 0 spiro atoms. The molecule has 0 fully saturated rings. The largest absolute Gasteiger partial charge is 0.475 e. The van der Waals surface area contributed by atoms with Gasteiger partial charge in [0.2, 0.25) is 11.7 Å². The molecule has 1 amide bonds. The van der Waals surface area contributed by atoms with E-state index in [1.807, 2.05) is 0 Å². The molecule has 0 saturated carbocycles. The van der Waals surface area contributed by atoms with Crippen LogP contribution in [0.4, 0.5) is 11.4 Å². The van der Waals surface area contributed by atoms with Crippen molar-refractivity contribution >= 4 is 33.3 Å². The molecule has 3 rings (SSSR count). The maximum atomic E-state index is 12.7. The summed E-state index contributed by atoms with van der Waals surface area (Å²) in [6.07, 6.45) is 0. The van der Waals surface area contributed by atoms with E-state index < -0.39 is 16.0 Å². The topological polar surface area (TPSA) is 126 Å². The van der Waals surface area contributed by atoms with Gasteiger partial charge in [-0.05, 0) is 55.0 Å². The minimum absolute atomic E-state index is 0.0302. The van der Waals surface area contributed by atoms with Crippen LogP contribution in [-0.4, -0.2) is 25.4 Å². The number of aromatic carboxylic acids is 1. The first-order chi connectivity index (χ1) is 13.7. The van der Waals surface area contributed by atoms with Gasteiger partial charge in [-0.15, -0.1) is 0 Å². The van der Waals surface area contributed by atoms with Gasteiger partial charge in [-0.25, -0.2) is 13.2 Å². The number of furan rings is 1. The average molecular weight is 414 g/mol. The second-order valence-corrected chi connectivity index (χ2v) is 7.94. The van der Waals surface area contributed by atoms with Crippen molar-refractivity contribution in [1.82, 2.24) is 0 Å². The molecule has 9 heteroatoms. The Morgan fingerprint density at radius 3 is 2.28 bits per heavy atom. The molecule has 8 nitrogen and oxygen atoms in total. The molecule has 3 aromatic rings. The number of anilines is 2. The zero-order valence-electron chi connectivity index (χ0n) is 15.6. The van der Waals surface area contributed by atoms with Crippen molar-refractivity contribution in [1.29, 1.82) is 0 Å². The molecule has 2 aromatic carbocycles. The standard InChI is InChI=1S/C20H18N2O6S/c1-12-16(18-10-11-19(28-18)20(24)25)4-3-5-17(12)22-29(26,27)15-8-6-14(7-9-15)21-13(2)23/h3-11,22H,1-2H3,(H,21,23)(H,24,25). The van der Waals surface area contributed by atoms with E-state index in [1.165, 1.54) is 43.3 Å². The summed E-state index contributed by atoms with van der Waals surface area (Å²) in [4.78, 5) is 22.1. The van der Waals surface area contributed by atoms with E-state index in [9.17, 15) is 18.0 Å². The molecule has 0 unspecified atom stereocenters. The summed E-state index contributed by atoms with van der Waals surface area (Å²) < 4.78 is 33.3. The molecule has 0 aliphatic rings. The van der Waals surface area contributed by atoms with Crippen molar-refractivity contribution in [3.8, 4) is 11.3 Å². The second-order valence-electron chi connectivity index (χ2n) is 6.26. The Labute approximate surface area is 167 Å². The molecular weight excluding hydrogens is 396 g/mol. The third-order valence-corrected chi connectivity index (χ3v) is 5.53. The van der Waals surface area contributed by atoms with Crippen molar-refractivity contribution in [2.45, 2.75) is 18.7 Å². The zero-order valence-corrected chi connectivity index (χ0v) is 16.4. The first kappa shape index (κ1) is 20.2. The maximum absolute atomic E-state index is 12.7. The second kappa shape index (κ2) is 7.80. The van der Waals surface area contributed by atoms with Crippen LogP contribution in [0.2, 0.25) is 0 Å². The predicted octanol–water partition coefficient (Wildman–Crippen LogP) is 3.71. The summed E-state index contributed by atoms with van der Waals surface area (Å²) in [6.45, 7) is 3.07. The van der Waals surface area contributed by atoms with Crippen LogP contribution >= 0.6 is 0 Å². The Hall–Kier alpha value is -3.59. The molecule has 0 saturated heterocycles. The van der Waals surface area contributed by atoms with Gasteiger partial charge in [-0.2, -0.15) is 0 Å². The van der Waals surface area contributed by atoms with Crippen molar-refractivity contribution in [3.05, 3.63) is 65.9 Å². The lowest BCUT2D eigenvalue weighted by Gasteiger charge is -2.13. The first-order valence-electron chi connectivity index (χ1n) is 8.51. The average Bonchev–Trinajstić information content (AvgIpc) is 3.13. The van der Waals surface area contributed by atoms with Crippen molar-refractivity contribution in [2.24, 2.45) is 0 Å². The van der Waals surface area contributed by atoms with Crippen LogP contribution in [0, 0.1) is 6.92 Å². The van der Waals surface area contributed by atoms with Gasteiger partial charge in [0.05, 0.1) is 10.6 Å². The third-order valence-electron chi connectivity index (χ3n) is 4.15. The summed E-state index contributed by atoms with van der Waals surface area (Å²) in [6, 6.07) is 13.6. The Kier molecular flexibility index (Phi) is 5.42. The highest BCUT2D eigenvalue weighted by molar-refractivity contribution is 7.92. The van der Waals surface area contributed by atoms with Crippen molar-refractivity contribution in [3.63, 3.8) is 0 Å². The number of benzene rings is 2. The highest BCUT2D eigenvalue weighted by Crippen LogP contribution is 2.31. The van der Waals surface area contributed by atoms with Gasteiger partial charge in [-0.3, -0.25) is 9.52 Å². The molecule has 150 valence electrons. The number of carboxylic acids is 1. The third kappa shape index (κ3) is 4.46. The van der Waals surface area contributed by atoms with Gasteiger partial charge < -0.3 is 14.8 Å². The number of hydrogen-bond acceptors (Lipinski definition) is 5. The van der Waals surface area contributed by atoms with E-state index in [-0.39, 0.29) is 16.6 Å². The van der Waals surface area contributed by atoms with Gasteiger partial charge in [-0.1, -0.05) is 12.1 Å². The lowest BCUT2D eigenvalue weighted by Crippen LogP contribution is -2.14. The zero-order chi connectivity index (χ0) is 21.2. The van der Waals surface area contributed by atoms with E-state index in [2.05, 4.69) is 10.0 Å². The first-order valence-corrected chi connectivity index (χ1v) is 9.99. The number of hydrogen-bond donors (Lipinski definition) is 3. The Morgan fingerprint density at radius 2 is 1.69 bits per heavy atom. The minimum Gasteiger partial charge on any atom is -0.475 e. The Balaban J connectivity index is 1.89. The van der Waals surface area contributed by atoms with Crippen molar-refractivity contribution < 1.29 is 27.5 Å². The quantitative estimate of drug-likeness (QED) is 0.564. The molecule has 29 heavy (non-hydrogen) atoms. The molecular formula is C20H18N2O6S. The Morgan fingerprint density at radius 1 is 1.00 bits per heavy atom. The fourth-order valence-corrected chi connectivity index (χ4v) is 3.86. The number of carbonyl (C=O) groups is 2. The highest BCUT2D eigenvalue weighted by atomic mass is 32.2. The van der Waals surface area contributed by atoms with Crippen molar-refractivity contribution in [2.75, 3.05) is 10.0 Å². The van der Waals surface area contributed by atoms with E-state index in [0.717, 1.165) is 0 Å². The molecule has 1 aromatic heterocycles. The lowest BCUT2D eigenvalue weighted by atomic mass is 10.1. The van der Waals surface area contributed by atoms with Gasteiger partial charge in [0.25, 0.3) is 10.0 Å². The molecule has 0 aliphatic heterocycles. The summed E-state index contributed by atoms with van der Waals surface area (Å²) in [5.74, 6) is -1.33. The van der Waals surface area contributed by atoms with Crippen LogP contribution < -0.4 is 10.0 Å². The van der Waals surface area contributed by atoms with Crippen LogP contribution in [0.1, 0.15) is 23.0 Å². The SMILES string of the molecule is CC(=O)Nc1ccc(S(=O)(=O)Nc2cccc(-c3ccc(C(=O)O)o3)c2C)cc1. The smallest absolute Gasteiger partial charge is 0.371 e. The van der Waals surface area contributed by atoms with Crippen LogP contribution in [-0.2, 0) is 14.8 Å².